The maximum atomic E-state index is 10.4. The fraction of sp³-hybridized carbons (Fsp3) is 0.789. The molecule has 0 aromatic carbocycles. The molecule has 3 fully saturated rings. The van der Waals surface area contributed by atoms with Crippen molar-refractivity contribution in [1.82, 2.24) is 0 Å². The molecule has 25 heavy (non-hydrogen) atoms. The molecule has 0 radical (unpaired) electrons. The second kappa shape index (κ2) is 8.20. The zero-order valence-corrected chi connectivity index (χ0v) is 14.4. The van der Waals surface area contributed by atoms with E-state index in [-0.39, 0.29) is 18.3 Å². The van der Waals surface area contributed by atoms with E-state index in [1.165, 1.54) is 12.8 Å². The minimum Gasteiger partial charge on any atom is -0.481 e. The van der Waals surface area contributed by atoms with E-state index >= 15 is 0 Å². The minimum absolute atomic E-state index is 0.0800. The van der Waals surface area contributed by atoms with Gasteiger partial charge in [0.25, 0.3) is 0 Å². The molecule has 0 amide bonds. The Morgan fingerprint density at radius 1 is 1.36 bits per heavy atom. The van der Waals surface area contributed by atoms with Gasteiger partial charge in [-0.3, -0.25) is 4.79 Å². The first-order valence-corrected chi connectivity index (χ1v) is 9.34. The lowest BCUT2D eigenvalue weighted by Crippen LogP contribution is -2.36. The highest BCUT2D eigenvalue weighted by Crippen LogP contribution is 2.48. The lowest BCUT2D eigenvalue weighted by molar-refractivity contribution is -0.137. The first kappa shape index (κ1) is 18.2. The summed E-state index contributed by atoms with van der Waals surface area (Å²) in [6, 6.07) is 0. The van der Waals surface area contributed by atoms with Gasteiger partial charge in [0.15, 0.2) is 0 Å². The summed E-state index contributed by atoms with van der Waals surface area (Å²) in [6.45, 7) is 0.298. The maximum absolute atomic E-state index is 10.4. The van der Waals surface area contributed by atoms with Gasteiger partial charge in [-0.25, -0.2) is 0 Å². The van der Waals surface area contributed by atoms with Crippen LogP contribution in [0, 0.1) is 35.5 Å². The topological polar surface area (TPSA) is 99.4 Å². The van der Waals surface area contributed by atoms with Crippen LogP contribution in [0.4, 0.5) is 0 Å². The van der Waals surface area contributed by atoms with Crippen molar-refractivity contribution in [3.63, 3.8) is 0 Å². The predicted octanol–water partition coefficient (Wildman–Crippen LogP) is 1.80. The monoisotopic (exact) mass is 349 g/mol. The van der Waals surface area contributed by atoms with Gasteiger partial charge < -0.3 is 20.2 Å². The maximum Gasteiger partial charge on any atom is 0.303 e. The second-order valence-corrected chi connectivity index (χ2v) is 7.49. The number of aliphatic carboxylic acids is 1. The van der Waals surface area contributed by atoms with E-state index in [0.717, 1.165) is 25.0 Å². The van der Waals surface area contributed by atoms with Crippen molar-refractivity contribution in [2.24, 2.45) is 28.8 Å². The first-order chi connectivity index (χ1) is 12.1. The van der Waals surface area contributed by atoms with Crippen LogP contribution in [-0.4, -0.2) is 45.8 Å². The van der Waals surface area contributed by atoms with E-state index in [1.54, 1.807) is 0 Å². The second-order valence-electron chi connectivity index (χ2n) is 7.49. The fourth-order valence-electron chi connectivity index (χ4n) is 4.30. The highest BCUT2D eigenvalue weighted by Gasteiger charge is 2.51. The van der Waals surface area contributed by atoms with Crippen LogP contribution in [0.15, 0.2) is 5.16 Å². The number of nitrogens with zero attached hydrogens (tertiary/aromatic N) is 1. The summed E-state index contributed by atoms with van der Waals surface area (Å²) < 4.78 is 0. The summed E-state index contributed by atoms with van der Waals surface area (Å²) in [5.74, 6) is 5.99. The van der Waals surface area contributed by atoms with Gasteiger partial charge in [-0.1, -0.05) is 29.8 Å². The Morgan fingerprint density at radius 3 is 2.84 bits per heavy atom. The van der Waals surface area contributed by atoms with Gasteiger partial charge in [-0.15, -0.1) is 0 Å². The summed E-state index contributed by atoms with van der Waals surface area (Å²) in [7, 11) is 0. The van der Waals surface area contributed by atoms with Crippen LogP contribution in [0.2, 0.25) is 0 Å². The summed E-state index contributed by atoms with van der Waals surface area (Å²) in [6.07, 6.45) is 5.32. The third kappa shape index (κ3) is 4.34. The molecule has 5 unspecified atom stereocenters. The van der Waals surface area contributed by atoms with E-state index in [9.17, 15) is 15.0 Å². The molecule has 0 aliphatic heterocycles. The Balaban J connectivity index is 1.47. The molecule has 0 saturated heterocycles. The smallest absolute Gasteiger partial charge is 0.303 e. The molecule has 3 N–H and O–H groups in total. The van der Waals surface area contributed by atoms with Gasteiger partial charge in [0.05, 0.1) is 17.7 Å². The SMILES string of the molecule is O=C(O)CCCON=C1CC2C1CC(O)C2C#CC(O)C1CCCC1. The van der Waals surface area contributed by atoms with Gasteiger partial charge in [0.1, 0.15) is 12.7 Å². The average Bonchev–Trinajstić information content (AvgIpc) is 3.17. The third-order valence-electron chi connectivity index (χ3n) is 5.81. The summed E-state index contributed by atoms with van der Waals surface area (Å²) in [5, 5.41) is 33.2. The van der Waals surface area contributed by atoms with Crippen LogP contribution < -0.4 is 0 Å². The van der Waals surface area contributed by atoms with E-state index in [2.05, 4.69) is 17.0 Å². The van der Waals surface area contributed by atoms with E-state index in [0.29, 0.717) is 31.3 Å². The number of fused-ring (bicyclic) bond motifs is 1. The quantitative estimate of drug-likeness (QED) is 0.386. The molecular weight excluding hydrogens is 322 g/mol. The summed E-state index contributed by atoms with van der Waals surface area (Å²) in [5.41, 5.74) is 0.944. The highest BCUT2D eigenvalue weighted by atomic mass is 16.6. The number of hydrogen-bond donors (Lipinski definition) is 3. The van der Waals surface area contributed by atoms with Crippen molar-refractivity contribution in [3.8, 4) is 11.8 Å². The Hall–Kier alpha value is -1.58. The number of rotatable bonds is 6. The van der Waals surface area contributed by atoms with Crippen molar-refractivity contribution >= 4 is 11.7 Å². The third-order valence-corrected chi connectivity index (χ3v) is 5.81. The predicted molar refractivity (Wildman–Crippen MR) is 91.7 cm³/mol. The number of carboxylic acids is 1. The van der Waals surface area contributed by atoms with Gasteiger partial charge >= 0.3 is 5.97 Å². The normalized spacial score (nSPS) is 34.1. The van der Waals surface area contributed by atoms with Crippen LogP contribution in [0.5, 0.6) is 0 Å². The van der Waals surface area contributed by atoms with Crippen LogP contribution in [0.3, 0.4) is 0 Å². The van der Waals surface area contributed by atoms with E-state index in [1.807, 2.05) is 0 Å². The van der Waals surface area contributed by atoms with Crippen molar-refractivity contribution < 1.29 is 25.0 Å². The number of aliphatic hydroxyl groups excluding tert-OH is 2. The fourth-order valence-corrected chi connectivity index (χ4v) is 4.30. The molecule has 138 valence electrons. The number of hydrogen-bond acceptors (Lipinski definition) is 5. The molecule has 6 nitrogen and oxygen atoms in total. The summed E-state index contributed by atoms with van der Waals surface area (Å²) >= 11 is 0. The molecule has 0 aromatic rings. The Morgan fingerprint density at radius 2 is 2.12 bits per heavy atom. The van der Waals surface area contributed by atoms with E-state index in [4.69, 9.17) is 9.94 Å². The molecule has 3 rings (SSSR count). The largest absolute Gasteiger partial charge is 0.481 e. The van der Waals surface area contributed by atoms with Crippen LogP contribution in [0.1, 0.15) is 51.4 Å². The molecule has 0 bridgehead atoms. The van der Waals surface area contributed by atoms with Crippen molar-refractivity contribution in [2.75, 3.05) is 6.61 Å². The number of oxime groups is 1. The van der Waals surface area contributed by atoms with Crippen molar-refractivity contribution in [2.45, 2.75) is 63.6 Å². The standard InChI is InChI=1S/C19H27NO5/c21-17(12-4-1-2-5-12)8-7-13-14-10-16(15(14)11-18(13)22)20-25-9-3-6-19(23)24/h12-15,17-18,21-22H,1-6,9-11H2,(H,23,24). The number of carbonyl (C=O) groups is 1. The molecule has 0 heterocycles. The number of aliphatic hydroxyl groups is 2. The molecule has 3 aliphatic carbocycles. The molecule has 0 spiro atoms. The molecule has 3 saturated carbocycles. The minimum atomic E-state index is -0.833. The van der Waals surface area contributed by atoms with Crippen molar-refractivity contribution in [3.05, 3.63) is 0 Å². The molecule has 0 aromatic heterocycles. The first-order valence-electron chi connectivity index (χ1n) is 9.34. The Bertz CT molecular complexity index is 572. The van der Waals surface area contributed by atoms with Crippen molar-refractivity contribution in [1.29, 1.82) is 0 Å². The highest BCUT2D eigenvalue weighted by molar-refractivity contribution is 5.93. The molecule has 5 atom stereocenters. The van der Waals surface area contributed by atoms with E-state index < -0.39 is 18.2 Å². The zero-order valence-electron chi connectivity index (χ0n) is 14.4. The van der Waals surface area contributed by atoms with Crippen LogP contribution in [-0.2, 0) is 9.63 Å². The molecule has 6 heteroatoms. The van der Waals surface area contributed by atoms with Crippen LogP contribution in [0.25, 0.3) is 0 Å². The molecule has 3 aliphatic rings. The lowest BCUT2D eigenvalue weighted by atomic mass is 9.71. The van der Waals surface area contributed by atoms with Gasteiger partial charge in [-0.2, -0.15) is 0 Å². The zero-order chi connectivity index (χ0) is 17.8. The van der Waals surface area contributed by atoms with Gasteiger partial charge in [0, 0.05) is 12.3 Å². The van der Waals surface area contributed by atoms with Gasteiger partial charge in [-0.05, 0) is 43.9 Å². The number of carboxylic acid groups (broad SMARTS) is 1. The Kier molecular flexibility index (Phi) is 5.98. The molecular formula is C19H27NO5. The summed E-state index contributed by atoms with van der Waals surface area (Å²) in [4.78, 5) is 15.6. The lowest BCUT2D eigenvalue weighted by Gasteiger charge is -2.33. The van der Waals surface area contributed by atoms with Gasteiger partial charge in [0.2, 0.25) is 0 Å². The Labute approximate surface area is 148 Å². The average molecular weight is 349 g/mol. The van der Waals surface area contributed by atoms with Crippen LogP contribution >= 0.6 is 0 Å².